The SMILES string of the molecule is COc1ccc2c(c1)OCCNC(=O)CN(C(=O)c1cc(F)cc(C#N)c1)CCCNC2=O. The lowest BCUT2D eigenvalue weighted by Crippen LogP contribution is -2.43. The first-order valence-electron chi connectivity index (χ1n) is 10.3. The van der Waals surface area contributed by atoms with Crippen molar-refractivity contribution in [2.24, 2.45) is 0 Å². The molecule has 33 heavy (non-hydrogen) atoms. The smallest absolute Gasteiger partial charge is 0.255 e. The van der Waals surface area contributed by atoms with Crippen LogP contribution in [0.4, 0.5) is 4.39 Å². The van der Waals surface area contributed by atoms with Crippen LogP contribution >= 0.6 is 0 Å². The van der Waals surface area contributed by atoms with Crippen LogP contribution in [0.15, 0.2) is 36.4 Å². The van der Waals surface area contributed by atoms with E-state index in [1.807, 2.05) is 0 Å². The van der Waals surface area contributed by atoms with Gasteiger partial charge in [-0.05, 0) is 36.8 Å². The quantitative estimate of drug-likeness (QED) is 0.709. The first kappa shape index (κ1) is 23.5. The molecule has 0 unspecified atom stereocenters. The number of halogens is 1. The van der Waals surface area contributed by atoms with Gasteiger partial charge in [0.05, 0.1) is 37.4 Å². The normalized spacial score (nSPS) is 15.1. The monoisotopic (exact) mass is 454 g/mol. The molecule has 3 amide bonds. The van der Waals surface area contributed by atoms with E-state index in [0.717, 1.165) is 12.1 Å². The van der Waals surface area contributed by atoms with Crippen molar-refractivity contribution in [1.82, 2.24) is 15.5 Å². The van der Waals surface area contributed by atoms with Gasteiger partial charge in [-0.15, -0.1) is 0 Å². The summed E-state index contributed by atoms with van der Waals surface area (Å²) in [5.74, 6) is -1.23. The summed E-state index contributed by atoms with van der Waals surface area (Å²) in [4.78, 5) is 39.2. The third kappa shape index (κ3) is 6.20. The van der Waals surface area contributed by atoms with Crippen molar-refractivity contribution >= 4 is 17.7 Å². The molecule has 2 aromatic rings. The van der Waals surface area contributed by atoms with E-state index in [1.54, 1.807) is 24.3 Å². The number of ether oxygens (including phenoxy) is 2. The Morgan fingerprint density at radius 1 is 1.18 bits per heavy atom. The predicted octanol–water partition coefficient (Wildman–Crippen LogP) is 1.48. The molecular weight excluding hydrogens is 431 g/mol. The second-order valence-corrected chi connectivity index (χ2v) is 7.24. The van der Waals surface area contributed by atoms with E-state index in [9.17, 15) is 18.8 Å². The van der Waals surface area contributed by atoms with Crippen LogP contribution in [-0.4, -0.2) is 62.5 Å². The molecule has 10 heteroatoms. The summed E-state index contributed by atoms with van der Waals surface area (Å²) >= 11 is 0. The average molecular weight is 454 g/mol. The van der Waals surface area contributed by atoms with Gasteiger partial charge in [-0.1, -0.05) is 0 Å². The Morgan fingerprint density at radius 2 is 2.00 bits per heavy atom. The van der Waals surface area contributed by atoms with E-state index in [-0.39, 0.29) is 49.8 Å². The summed E-state index contributed by atoms with van der Waals surface area (Å²) in [6.45, 7) is 0.315. The van der Waals surface area contributed by atoms with E-state index in [4.69, 9.17) is 14.7 Å². The Kier molecular flexibility index (Phi) is 7.81. The highest BCUT2D eigenvalue weighted by Gasteiger charge is 2.21. The van der Waals surface area contributed by atoms with Crippen LogP contribution in [0.1, 0.15) is 32.7 Å². The number of fused-ring (bicyclic) bond motifs is 1. The summed E-state index contributed by atoms with van der Waals surface area (Å²) < 4.78 is 24.6. The molecule has 9 nitrogen and oxygen atoms in total. The zero-order chi connectivity index (χ0) is 23.8. The van der Waals surface area contributed by atoms with E-state index in [2.05, 4.69) is 10.6 Å². The van der Waals surface area contributed by atoms with Crippen LogP contribution in [0.2, 0.25) is 0 Å². The van der Waals surface area contributed by atoms with Gasteiger partial charge in [0, 0.05) is 24.7 Å². The number of benzene rings is 2. The number of methoxy groups -OCH3 is 1. The van der Waals surface area contributed by atoms with Crippen molar-refractivity contribution < 1.29 is 28.2 Å². The summed E-state index contributed by atoms with van der Waals surface area (Å²) in [7, 11) is 1.50. The van der Waals surface area contributed by atoms with Crippen molar-refractivity contribution in [3.05, 3.63) is 58.9 Å². The lowest BCUT2D eigenvalue weighted by atomic mass is 10.1. The van der Waals surface area contributed by atoms with Crippen LogP contribution in [0.25, 0.3) is 0 Å². The minimum Gasteiger partial charge on any atom is -0.497 e. The number of nitrogens with one attached hydrogen (secondary N) is 2. The molecule has 0 aromatic heterocycles. The molecule has 0 bridgehead atoms. The van der Waals surface area contributed by atoms with Crippen molar-refractivity contribution in [1.29, 1.82) is 5.26 Å². The number of hydrogen-bond donors (Lipinski definition) is 2. The summed E-state index contributed by atoms with van der Waals surface area (Å²) in [5, 5.41) is 14.5. The van der Waals surface area contributed by atoms with Crippen LogP contribution in [0, 0.1) is 17.1 Å². The number of carbonyl (C=O) groups is 3. The number of amides is 3. The van der Waals surface area contributed by atoms with Crippen molar-refractivity contribution in [2.75, 3.05) is 39.9 Å². The molecule has 0 fully saturated rings. The van der Waals surface area contributed by atoms with Gasteiger partial charge in [0.15, 0.2) is 0 Å². The Morgan fingerprint density at radius 3 is 2.76 bits per heavy atom. The molecule has 2 aromatic carbocycles. The van der Waals surface area contributed by atoms with Gasteiger partial charge in [0.1, 0.15) is 23.9 Å². The molecule has 1 aliphatic heterocycles. The van der Waals surface area contributed by atoms with E-state index < -0.39 is 17.6 Å². The Bertz CT molecular complexity index is 1100. The Labute approximate surface area is 190 Å². The molecule has 1 heterocycles. The van der Waals surface area contributed by atoms with Crippen LogP contribution in [0.3, 0.4) is 0 Å². The molecule has 0 saturated heterocycles. The number of nitrogens with zero attached hydrogens (tertiary/aromatic N) is 2. The standard InChI is InChI=1S/C23H23FN4O5/c1-32-18-3-4-19-20(12-18)33-8-6-26-21(29)14-28(7-2-5-27-22(19)30)23(31)16-9-15(13-25)10-17(24)11-16/h3-4,9-12H,2,5-8,14H2,1H3,(H,26,29)(H,27,30). The average Bonchev–Trinajstić information content (AvgIpc) is 2.82. The summed E-state index contributed by atoms with van der Waals surface area (Å²) in [6, 6.07) is 9.94. The van der Waals surface area contributed by atoms with Gasteiger partial charge >= 0.3 is 0 Å². The van der Waals surface area contributed by atoms with E-state index in [0.29, 0.717) is 23.5 Å². The Balaban J connectivity index is 1.77. The summed E-state index contributed by atoms with van der Waals surface area (Å²) in [5.41, 5.74) is 0.288. The highest BCUT2D eigenvalue weighted by Crippen LogP contribution is 2.25. The van der Waals surface area contributed by atoms with Gasteiger partial charge in [0.2, 0.25) is 5.91 Å². The molecule has 2 N–H and O–H groups in total. The number of hydrogen-bond acceptors (Lipinski definition) is 6. The predicted molar refractivity (Wildman–Crippen MR) is 115 cm³/mol. The third-order valence-corrected chi connectivity index (χ3v) is 4.90. The summed E-state index contributed by atoms with van der Waals surface area (Å²) in [6.07, 6.45) is 0.345. The molecule has 0 aliphatic carbocycles. The molecule has 1 aliphatic rings. The maximum atomic E-state index is 13.8. The zero-order valence-electron chi connectivity index (χ0n) is 18.0. The third-order valence-electron chi connectivity index (χ3n) is 4.90. The number of rotatable bonds is 2. The van der Waals surface area contributed by atoms with Gasteiger partial charge < -0.3 is 25.0 Å². The fraction of sp³-hybridized carbons (Fsp3) is 0.304. The lowest BCUT2D eigenvalue weighted by molar-refractivity contribution is -0.121. The molecule has 172 valence electrons. The van der Waals surface area contributed by atoms with Crippen molar-refractivity contribution in [3.8, 4) is 17.6 Å². The minimum absolute atomic E-state index is 0.00426. The molecular formula is C23H23FN4O5. The largest absolute Gasteiger partial charge is 0.497 e. The van der Waals surface area contributed by atoms with Crippen molar-refractivity contribution in [3.63, 3.8) is 0 Å². The maximum absolute atomic E-state index is 13.8. The van der Waals surface area contributed by atoms with Gasteiger partial charge in [-0.2, -0.15) is 5.26 Å². The highest BCUT2D eigenvalue weighted by atomic mass is 19.1. The van der Waals surface area contributed by atoms with Crippen LogP contribution in [0.5, 0.6) is 11.5 Å². The first-order chi connectivity index (χ1) is 15.9. The fourth-order valence-electron chi connectivity index (χ4n) is 3.30. The van der Waals surface area contributed by atoms with Gasteiger partial charge in [0.25, 0.3) is 11.8 Å². The number of carbonyl (C=O) groups excluding carboxylic acids is 3. The van der Waals surface area contributed by atoms with Crippen LogP contribution < -0.4 is 20.1 Å². The minimum atomic E-state index is -0.719. The second-order valence-electron chi connectivity index (χ2n) is 7.24. The molecule has 0 spiro atoms. The highest BCUT2D eigenvalue weighted by molar-refractivity contribution is 5.97. The Hall–Kier alpha value is -4.13. The topological polar surface area (TPSA) is 121 Å². The van der Waals surface area contributed by atoms with Crippen LogP contribution in [-0.2, 0) is 4.79 Å². The number of nitriles is 1. The van der Waals surface area contributed by atoms with Crippen molar-refractivity contribution in [2.45, 2.75) is 6.42 Å². The molecule has 0 saturated carbocycles. The maximum Gasteiger partial charge on any atom is 0.255 e. The zero-order valence-corrected chi connectivity index (χ0v) is 18.0. The van der Waals surface area contributed by atoms with Gasteiger partial charge in [-0.3, -0.25) is 14.4 Å². The molecule has 3 rings (SSSR count). The molecule has 0 radical (unpaired) electrons. The van der Waals surface area contributed by atoms with E-state index in [1.165, 1.54) is 18.1 Å². The lowest BCUT2D eigenvalue weighted by Gasteiger charge is -2.23. The van der Waals surface area contributed by atoms with E-state index >= 15 is 0 Å². The second kappa shape index (κ2) is 10.9. The first-order valence-corrected chi connectivity index (χ1v) is 10.3. The fourth-order valence-corrected chi connectivity index (χ4v) is 3.30. The molecule has 0 atom stereocenters. The van der Waals surface area contributed by atoms with Gasteiger partial charge in [-0.25, -0.2) is 4.39 Å².